The Hall–Kier alpha value is -1.51. The Balaban J connectivity index is 3.34. The number of nitrogen functional groups attached to an aromatic ring is 1. The molecule has 0 aliphatic rings. The summed E-state index contributed by atoms with van der Waals surface area (Å²) >= 11 is 0. The molecule has 8 heteroatoms. The summed E-state index contributed by atoms with van der Waals surface area (Å²) in [7, 11) is -1.12. The van der Waals surface area contributed by atoms with Crippen molar-refractivity contribution in [3.05, 3.63) is 12.1 Å². The Kier molecular flexibility index (Phi) is 5.43. The van der Waals surface area contributed by atoms with E-state index in [4.69, 9.17) is 15.2 Å². The van der Waals surface area contributed by atoms with Crippen molar-refractivity contribution in [3.63, 3.8) is 0 Å². The van der Waals surface area contributed by atoms with Crippen LogP contribution in [0.2, 0.25) is 0 Å². The Labute approximate surface area is 125 Å². The largest absolute Gasteiger partial charge is 0.495 e. The zero-order valence-corrected chi connectivity index (χ0v) is 13.5. The fraction of sp³-hybridized carbons (Fsp3) is 0.538. The molecule has 0 radical (unpaired) electrons. The molecule has 0 amide bonds. The summed E-state index contributed by atoms with van der Waals surface area (Å²) in [5, 5.41) is 9.36. The monoisotopic (exact) mass is 318 g/mol. The molecule has 0 aliphatic heterocycles. The second-order valence-corrected chi connectivity index (χ2v) is 6.57. The molecule has 1 aromatic carbocycles. The molecule has 0 fully saturated rings. The molecule has 0 saturated heterocycles. The molecule has 120 valence electrons. The number of nitrogens with one attached hydrogen (secondary N) is 1. The van der Waals surface area contributed by atoms with Crippen LogP contribution in [0.15, 0.2) is 17.0 Å². The molecule has 7 nitrogen and oxygen atoms in total. The molecular weight excluding hydrogens is 296 g/mol. The van der Waals surface area contributed by atoms with Gasteiger partial charge in [-0.3, -0.25) is 0 Å². The number of aliphatic hydroxyl groups excluding tert-OH is 1. The van der Waals surface area contributed by atoms with Crippen LogP contribution in [0.3, 0.4) is 0 Å². The van der Waals surface area contributed by atoms with Crippen LogP contribution in [0.4, 0.5) is 5.69 Å². The summed E-state index contributed by atoms with van der Waals surface area (Å²) in [6.45, 7) is 3.07. The van der Waals surface area contributed by atoms with Crippen molar-refractivity contribution in [1.29, 1.82) is 0 Å². The molecule has 21 heavy (non-hydrogen) atoms. The lowest BCUT2D eigenvalue weighted by Gasteiger charge is -2.27. The molecular formula is C13H22N2O5S. The Morgan fingerprint density at radius 3 is 2.29 bits per heavy atom. The third-order valence-electron chi connectivity index (χ3n) is 3.32. The van der Waals surface area contributed by atoms with E-state index in [0.29, 0.717) is 12.2 Å². The summed E-state index contributed by atoms with van der Waals surface area (Å²) in [5.41, 5.74) is 4.98. The molecule has 0 spiro atoms. The van der Waals surface area contributed by atoms with Gasteiger partial charge in [0.15, 0.2) is 0 Å². The van der Waals surface area contributed by atoms with Crippen molar-refractivity contribution in [3.8, 4) is 11.5 Å². The van der Waals surface area contributed by atoms with Gasteiger partial charge in [-0.05, 0) is 19.4 Å². The summed E-state index contributed by atoms with van der Waals surface area (Å²) in [6.07, 6.45) is 0.427. The number of hydrogen-bond donors (Lipinski definition) is 3. The molecule has 0 heterocycles. The normalized spacial score (nSPS) is 14.5. The number of nitrogens with two attached hydrogens (primary N) is 1. The number of hydrogen-bond acceptors (Lipinski definition) is 6. The van der Waals surface area contributed by atoms with E-state index in [2.05, 4.69) is 4.72 Å². The van der Waals surface area contributed by atoms with E-state index in [0.717, 1.165) is 0 Å². The SMILES string of the molecule is CCC(C)(CO)NS(=O)(=O)c1cc(N)c(OC)cc1OC. The second-order valence-electron chi connectivity index (χ2n) is 4.92. The van der Waals surface area contributed by atoms with Gasteiger partial charge in [-0.2, -0.15) is 0 Å². The number of anilines is 1. The molecule has 4 N–H and O–H groups in total. The van der Waals surface area contributed by atoms with Gasteiger partial charge in [-0.1, -0.05) is 6.92 Å². The van der Waals surface area contributed by atoms with Crippen LogP contribution in [0.5, 0.6) is 11.5 Å². The lowest BCUT2D eigenvalue weighted by molar-refractivity contribution is 0.191. The quantitative estimate of drug-likeness (QED) is 0.639. The molecule has 1 aromatic rings. The van der Waals surface area contributed by atoms with Gasteiger partial charge in [0.05, 0.1) is 32.1 Å². The highest BCUT2D eigenvalue weighted by Crippen LogP contribution is 2.34. The van der Waals surface area contributed by atoms with Crippen molar-refractivity contribution in [2.24, 2.45) is 0 Å². The highest BCUT2D eigenvalue weighted by atomic mass is 32.2. The van der Waals surface area contributed by atoms with E-state index in [1.54, 1.807) is 13.8 Å². The number of benzene rings is 1. The summed E-state index contributed by atoms with van der Waals surface area (Å²) in [6, 6.07) is 2.68. The van der Waals surface area contributed by atoms with E-state index >= 15 is 0 Å². The predicted octanol–water partition coefficient (Wildman–Crippen LogP) is 0.725. The number of methoxy groups -OCH3 is 2. The molecule has 1 atom stereocenters. The highest BCUT2D eigenvalue weighted by Gasteiger charge is 2.31. The van der Waals surface area contributed by atoms with E-state index in [9.17, 15) is 13.5 Å². The van der Waals surface area contributed by atoms with E-state index in [1.165, 1.54) is 26.4 Å². The predicted molar refractivity (Wildman–Crippen MR) is 80.1 cm³/mol. The number of rotatable bonds is 7. The maximum atomic E-state index is 12.5. The summed E-state index contributed by atoms with van der Waals surface area (Å²) in [4.78, 5) is -0.101. The Morgan fingerprint density at radius 1 is 1.29 bits per heavy atom. The highest BCUT2D eigenvalue weighted by molar-refractivity contribution is 7.89. The number of sulfonamides is 1. The van der Waals surface area contributed by atoms with Gasteiger partial charge < -0.3 is 20.3 Å². The van der Waals surface area contributed by atoms with Crippen LogP contribution in [0, 0.1) is 0 Å². The molecule has 0 aliphatic carbocycles. The first-order valence-corrected chi connectivity index (χ1v) is 7.87. The average Bonchev–Trinajstić information content (AvgIpc) is 2.46. The van der Waals surface area contributed by atoms with Crippen LogP contribution in [-0.4, -0.2) is 39.9 Å². The van der Waals surface area contributed by atoms with Crippen LogP contribution < -0.4 is 19.9 Å². The molecule has 0 aromatic heterocycles. The molecule has 0 bridgehead atoms. The van der Waals surface area contributed by atoms with Crippen molar-refractivity contribution >= 4 is 15.7 Å². The van der Waals surface area contributed by atoms with Crippen LogP contribution >= 0.6 is 0 Å². The summed E-state index contributed by atoms with van der Waals surface area (Å²) < 4.78 is 37.6. The lowest BCUT2D eigenvalue weighted by Crippen LogP contribution is -2.48. The fourth-order valence-corrected chi connectivity index (χ4v) is 3.36. The van der Waals surface area contributed by atoms with Gasteiger partial charge in [-0.25, -0.2) is 13.1 Å². The fourth-order valence-electron chi connectivity index (χ4n) is 1.70. The first-order valence-electron chi connectivity index (χ1n) is 6.39. The second kappa shape index (κ2) is 6.50. The minimum absolute atomic E-state index is 0.101. The van der Waals surface area contributed by atoms with Gasteiger partial charge in [-0.15, -0.1) is 0 Å². The number of ether oxygens (including phenoxy) is 2. The van der Waals surface area contributed by atoms with Crippen LogP contribution in [0.1, 0.15) is 20.3 Å². The standard InChI is InChI=1S/C13H22N2O5S/c1-5-13(2,8-16)15-21(17,18)12-6-9(14)10(19-3)7-11(12)20-4/h6-7,15-16H,5,8,14H2,1-4H3. The van der Waals surface area contributed by atoms with Crippen molar-refractivity contribution in [1.82, 2.24) is 4.72 Å². The molecule has 1 rings (SSSR count). The van der Waals surface area contributed by atoms with E-state index < -0.39 is 15.6 Å². The van der Waals surface area contributed by atoms with Gasteiger partial charge in [0, 0.05) is 6.07 Å². The van der Waals surface area contributed by atoms with Gasteiger partial charge in [0.2, 0.25) is 10.0 Å². The van der Waals surface area contributed by atoms with Gasteiger partial charge in [0.1, 0.15) is 16.4 Å². The third kappa shape index (κ3) is 3.78. The van der Waals surface area contributed by atoms with Crippen LogP contribution in [-0.2, 0) is 10.0 Å². The zero-order chi connectivity index (χ0) is 16.3. The van der Waals surface area contributed by atoms with E-state index in [1.807, 2.05) is 0 Å². The smallest absolute Gasteiger partial charge is 0.244 e. The third-order valence-corrected chi connectivity index (χ3v) is 4.98. The van der Waals surface area contributed by atoms with Crippen LogP contribution in [0.25, 0.3) is 0 Å². The Bertz CT molecular complexity index is 597. The number of aliphatic hydroxyl groups is 1. The summed E-state index contributed by atoms with van der Waals surface area (Å²) in [5.74, 6) is 0.441. The first kappa shape index (κ1) is 17.5. The van der Waals surface area contributed by atoms with Crippen molar-refractivity contribution in [2.45, 2.75) is 30.7 Å². The maximum Gasteiger partial charge on any atom is 0.244 e. The van der Waals surface area contributed by atoms with Gasteiger partial charge in [0.25, 0.3) is 0 Å². The molecule has 1 unspecified atom stereocenters. The Morgan fingerprint density at radius 2 is 1.86 bits per heavy atom. The topological polar surface area (TPSA) is 111 Å². The van der Waals surface area contributed by atoms with Crippen molar-refractivity contribution in [2.75, 3.05) is 26.6 Å². The van der Waals surface area contributed by atoms with E-state index in [-0.39, 0.29) is 22.9 Å². The maximum absolute atomic E-state index is 12.5. The van der Waals surface area contributed by atoms with Crippen molar-refractivity contribution < 1.29 is 23.0 Å². The average molecular weight is 318 g/mol. The first-order chi connectivity index (χ1) is 9.72. The lowest BCUT2D eigenvalue weighted by atomic mass is 10.0. The van der Waals surface area contributed by atoms with Gasteiger partial charge >= 0.3 is 0 Å². The molecule has 0 saturated carbocycles. The zero-order valence-electron chi connectivity index (χ0n) is 12.6. The minimum Gasteiger partial charge on any atom is -0.495 e. The minimum atomic E-state index is -3.90.